The summed E-state index contributed by atoms with van der Waals surface area (Å²) in [5, 5.41) is 0. The normalized spacial score (nSPS) is 29.4. The van der Waals surface area contributed by atoms with E-state index >= 15 is 0 Å². The minimum absolute atomic E-state index is 0.0709. The maximum absolute atomic E-state index is 11.9. The van der Waals surface area contributed by atoms with Crippen molar-refractivity contribution in [3.05, 3.63) is 0 Å². The zero-order valence-electron chi connectivity index (χ0n) is 9.84. The van der Waals surface area contributed by atoms with E-state index in [1.165, 1.54) is 7.11 Å². The number of hydrogen-bond acceptors (Lipinski definition) is 3. The maximum atomic E-state index is 11.9. The second kappa shape index (κ2) is 4.77. The van der Waals surface area contributed by atoms with E-state index in [1.54, 1.807) is 0 Å². The van der Waals surface area contributed by atoms with E-state index in [0.717, 1.165) is 12.8 Å². The molecule has 1 fully saturated rings. The molecule has 0 heterocycles. The van der Waals surface area contributed by atoms with Crippen LogP contribution >= 0.6 is 0 Å². The first kappa shape index (κ1) is 12.2. The van der Waals surface area contributed by atoms with Gasteiger partial charge in [0.1, 0.15) is 11.2 Å². The minimum atomic E-state index is -0.786. The average Bonchev–Trinajstić information content (AvgIpc) is 2.16. The van der Waals surface area contributed by atoms with Gasteiger partial charge in [-0.05, 0) is 25.2 Å². The topological polar surface area (TPSA) is 43.4 Å². The summed E-state index contributed by atoms with van der Waals surface area (Å²) < 4.78 is 4.76. The van der Waals surface area contributed by atoms with E-state index in [-0.39, 0.29) is 11.8 Å². The Morgan fingerprint density at radius 2 is 1.93 bits per heavy atom. The van der Waals surface area contributed by atoms with Crippen molar-refractivity contribution in [2.45, 2.75) is 46.0 Å². The molecule has 15 heavy (non-hydrogen) atoms. The van der Waals surface area contributed by atoms with Crippen molar-refractivity contribution in [2.75, 3.05) is 7.11 Å². The minimum Gasteiger partial charge on any atom is -0.468 e. The van der Waals surface area contributed by atoms with Crippen molar-refractivity contribution >= 4 is 11.8 Å². The summed E-state index contributed by atoms with van der Waals surface area (Å²) in [5.74, 6) is 0.261. The summed E-state index contributed by atoms with van der Waals surface area (Å²) in [7, 11) is 1.36. The van der Waals surface area contributed by atoms with Gasteiger partial charge in [-0.2, -0.15) is 0 Å². The molecule has 1 aliphatic carbocycles. The first-order chi connectivity index (χ1) is 7.10. The number of carbonyl (C=O) groups excluding carboxylic acids is 2. The number of methoxy groups -OCH3 is 1. The van der Waals surface area contributed by atoms with Gasteiger partial charge in [0.05, 0.1) is 7.11 Å². The van der Waals surface area contributed by atoms with Crippen LogP contribution in [0.4, 0.5) is 0 Å². The van der Waals surface area contributed by atoms with E-state index in [4.69, 9.17) is 4.74 Å². The fraction of sp³-hybridized carbons (Fsp3) is 0.833. The number of Topliss-reactive ketones (excluding diaryl/α,β-unsaturated/α-hetero) is 1. The summed E-state index contributed by atoms with van der Waals surface area (Å²) in [6.07, 6.45) is 3.71. The summed E-state index contributed by atoms with van der Waals surface area (Å²) in [6, 6.07) is 0. The fourth-order valence-corrected chi connectivity index (χ4v) is 2.38. The third kappa shape index (κ3) is 2.06. The highest BCUT2D eigenvalue weighted by Crippen LogP contribution is 2.49. The van der Waals surface area contributed by atoms with Crippen LogP contribution in [0.3, 0.4) is 0 Å². The van der Waals surface area contributed by atoms with Gasteiger partial charge >= 0.3 is 5.97 Å². The molecule has 0 aromatic rings. The smallest absolute Gasteiger partial charge is 0.319 e. The molecule has 1 rings (SSSR count). The standard InChI is InChI=1S/C12H20O3/c1-4-6-10(13)12(11(14)15-3)7-9(5-2)8-12/h9H,4-8H2,1-3H3. The molecule has 1 aliphatic rings. The Bertz CT molecular complexity index is 252. The number of carbonyl (C=O) groups is 2. The van der Waals surface area contributed by atoms with E-state index in [1.807, 2.05) is 6.92 Å². The second-order valence-electron chi connectivity index (χ2n) is 4.43. The molecular formula is C12H20O3. The summed E-state index contributed by atoms with van der Waals surface area (Å²) in [4.78, 5) is 23.6. The summed E-state index contributed by atoms with van der Waals surface area (Å²) in [5.41, 5.74) is -0.786. The third-order valence-corrected chi connectivity index (χ3v) is 3.44. The number of ether oxygens (including phenoxy) is 1. The Morgan fingerprint density at radius 3 is 2.33 bits per heavy atom. The Hall–Kier alpha value is -0.860. The van der Waals surface area contributed by atoms with Crippen molar-refractivity contribution in [2.24, 2.45) is 11.3 Å². The molecule has 0 aliphatic heterocycles. The van der Waals surface area contributed by atoms with Crippen molar-refractivity contribution in [1.29, 1.82) is 0 Å². The predicted octanol–water partition coefficient (Wildman–Crippen LogP) is 2.33. The lowest BCUT2D eigenvalue weighted by Crippen LogP contribution is -2.50. The van der Waals surface area contributed by atoms with Crippen LogP contribution in [0.15, 0.2) is 0 Å². The molecule has 3 heteroatoms. The SMILES string of the molecule is CCCC(=O)C1(C(=O)OC)CC(CC)C1. The Labute approximate surface area is 91.2 Å². The van der Waals surface area contributed by atoms with Crippen LogP contribution < -0.4 is 0 Å². The molecule has 0 unspecified atom stereocenters. The molecule has 0 bridgehead atoms. The van der Waals surface area contributed by atoms with Crippen LogP contribution in [-0.2, 0) is 14.3 Å². The Balaban J connectivity index is 2.72. The predicted molar refractivity (Wildman–Crippen MR) is 57.4 cm³/mol. The molecule has 3 nitrogen and oxygen atoms in total. The van der Waals surface area contributed by atoms with Crippen molar-refractivity contribution < 1.29 is 14.3 Å². The lowest BCUT2D eigenvalue weighted by Gasteiger charge is -2.43. The largest absolute Gasteiger partial charge is 0.468 e. The van der Waals surface area contributed by atoms with Gasteiger partial charge in [0, 0.05) is 6.42 Å². The van der Waals surface area contributed by atoms with Crippen LogP contribution in [0.5, 0.6) is 0 Å². The van der Waals surface area contributed by atoms with E-state index in [0.29, 0.717) is 25.2 Å². The third-order valence-electron chi connectivity index (χ3n) is 3.44. The lowest BCUT2D eigenvalue weighted by atomic mass is 9.58. The number of esters is 1. The van der Waals surface area contributed by atoms with Gasteiger partial charge in [0.15, 0.2) is 0 Å². The fourth-order valence-electron chi connectivity index (χ4n) is 2.38. The van der Waals surface area contributed by atoms with Gasteiger partial charge in [0.2, 0.25) is 0 Å². The Kier molecular flexibility index (Phi) is 3.89. The van der Waals surface area contributed by atoms with Gasteiger partial charge in [-0.1, -0.05) is 20.3 Å². The van der Waals surface area contributed by atoms with Crippen LogP contribution in [0.2, 0.25) is 0 Å². The van der Waals surface area contributed by atoms with Crippen LogP contribution in [0.25, 0.3) is 0 Å². The molecule has 86 valence electrons. The maximum Gasteiger partial charge on any atom is 0.319 e. The molecule has 0 spiro atoms. The van der Waals surface area contributed by atoms with Gasteiger partial charge < -0.3 is 4.74 Å². The zero-order chi connectivity index (χ0) is 11.5. The molecule has 0 radical (unpaired) electrons. The molecular weight excluding hydrogens is 192 g/mol. The van der Waals surface area contributed by atoms with E-state index in [9.17, 15) is 9.59 Å². The molecule has 0 N–H and O–H groups in total. The van der Waals surface area contributed by atoms with Crippen molar-refractivity contribution in [3.63, 3.8) is 0 Å². The second-order valence-corrected chi connectivity index (χ2v) is 4.43. The number of rotatable bonds is 5. The van der Waals surface area contributed by atoms with Crippen LogP contribution in [-0.4, -0.2) is 18.9 Å². The highest BCUT2D eigenvalue weighted by molar-refractivity contribution is 6.04. The molecule has 0 aromatic carbocycles. The lowest BCUT2D eigenvalue weighted by molar-refractivity contribution is -0.168. The van der Waals surface area contributed by atoms with Gasteiger partial charge in [0.25, 0.3) is 0 Å². The highest BCUT2D eigenvalue weighted by atomic mass is 16.5. The number of ketones is 1. The Morgan fingerprint density at radius 1 is 1.33 bits per heavy atom. The van der Waals surface area contributed by atoms with E-state index in [2.05, 4.69) is 6.92 Å². The first-order valence-electron chi connectivity index (χ1n) is 5.72. The highest BCUT2D eigenvalue weighted by Gasteiger charge is 2.55. The zero-order valence-corrected chi connectivity index (χ0v) is 9.84. The van der Waals surface area contributed by atoms with Crippen LogP contribution in [0.1, 0.15) is 46.0 Å². The van der Waals surface area contributed by atoms with Gasteiger partial charge in [-0.25, -0.2) is 0 Å². The van der Waals surface area contributed by atoms with E-state index < -0.39 is 5.41 Å². The molecule has 1 saturated carbocycles. The molecule has 0 atom stereocenters. The molecule has 0 aromatic heterocycles. The summed E-state index contributed by atoms with van der Waals surface area (Å²) >= 11 is 0. The first-order valence-corrected chi connectivity index (χ1v) is 5.72. The van der Waals surface area contributed by atoms with Crippen molar-refractivity contribution in [1.82, 2.24) is 0 Å². The monoisotopic (exact) mass is 212 g/mol. The number of hydrogen-bond donors (Lipinski definition) is 0. The van der Waals surface area contributed by atoms with Crippen molar-refractivity contribution in [3.8, 4) is 0 Å². The van der Waals surface area contributed by atoms with Gasteiger partial charge in [-0.3, -0.25) is 9.59 Å². The summed E-state index contributed by atoms with van der Waals surface area (Å²) in [6.45, 7) is 4.05. The van der Waals surface area contributed by atoms with Crippen LogP contribution in [0, 0.1) is 11.3 Å². The average molecular weight is 212 g/mol. The molecule has 0 amide bonds. The quantitative estimate of drug-likeness (QED) is 0.519. The molecule has 0 saturated heterocycles. The van der Waals surface area contributed by atoms with Gasteiger partial charge in [-0.15, -0.1) is 0 Å².